The molecule has 0 unspecified atom stereocenters. The van der Waals surface area contributed by atoms with Gasteiger partial charge in [0.2, 0.25) is 0 Å². The molecule has 0 radical (unpaired) electrons. The predicted octanol–water partition coefficient (Wildman–Crippen LogP) is 2.62. The minimum atomic E-state index is -0.536. The van der Waals surface area contributed by atoms with Crippen molar-refractivity contribution in [1.82, 2.24) is 10.3 Å². The third-order valence-electron chi connectivity index (χ3n) is 6.12. The number of carbonyl (C=O) groups is 3. The van der Waals surface area contributed by atoms with Crippen molar-refractivity contribution in [3.05, 3.63) is 41.8 Å². The number of fused-ring (bicyclic) bond motifs is 3. The van der Waals surface area contributed by atoms with E-state index in [0.717, 1.165) is 5.56 Å². The van der Waals surface area contributed by atoms with E-state index in [-0.39, 0.29) is 24.5 Å². The van der Waals surface area contributed by atoms with Gasteiger partial charge in [0.25, 0.3) is 0 Å². The SMILES string of the molecule is COC(=O)CC[C@@H]1OC(=O)N2c3cc(F)c(-c4ccc(N5CCNC5=O)nc4)cc3C[C@@H]12. The number of cyclic esters (lactones) is 1. The second-order valence-electron chi connectivity index (χ2n) is 7.93. The number of halogens is 1. The van der Waals surface area contributed by atoms with Crippen LogP contribution in [0.1, 0.15) is 18.4 Å². The summed E-state index contributed by atoms with van der Waals surface area (Å²) in [4.78, 5) is 43.0. The van der Waals surface area contributed by atoms with E-state index in [9.17, 15) is 14.4 Å². The van der Waals surface area contributed by atoms with Crippen molar-refractivity contribution >= 4 is 29.6 Å². The van der Waals surface area contributed by atoms with Crippen LogP contribution >= 0.6 is 0 Å². The standard InChI is InChI=1S/C22H21FN4O5/c1-31-20(28)5-3-18-17-9-13-8-14(15(23)10-16(13)27(17)22(30)32-18)12-2-4-19(25-11-12)26-7-6-24-21(26)29/h2,4,8,10-11,17-18H,3,5-7,9H2,1H3,(H,24,29)/t17-,18-/m0/s1. The van der Waals surface area contributed by atoms with Gasteiger partial charge in [0.05, 0.1) is 18.8 Å². The van der Waals surface area contributed by atoms with Crippen molar-refractivity contribution in [2.45, 2.75) is 31.4 Å². The number of nitrogens with one attached hydrogen (secondary N) is 1. The lowest BCUT2D eigenvalue weighted by Gasteiger charge is -2.16. The Morgan fingerprint density at radius 2 is 2.19 bits per heavy atom. The van der Waals surface area contributed by atoms with Gasteiger partial charge in [-0.05, 0) is 42.7 Å². The minimum Gasteiger partial charge on any atom is -0.469 e. The summed E-state index contributed by atoms with van der Waals surface area (Å²) in [5.41, 5.74) is 2.26. The number of anilines is 2. The van der Waals surface area contributed by atoms with Gasteiger partial charge in [-0.3, -0.25) is 14.6 Å². The number of hydrogen-bond donors (Lipinski definition) is 1. The molecule has 10 heteroatoms. The zero-order valence-corrected chi connectivity index (χ0v) is 17.3. The molecule has 2 atom stereocenters. The van der Waals surface area contributed by atoms with Crippen molar-refractivity contribution < 1.29 is 28.2 Å². The number of rotatable bonds is 5. The summed E-state index contributed by atoms with van der Waals surface area (Å²) >= 11 is 0. The molecule has 0 saturated carbocycles. The van der Waals surface area contributed by atoms with Gasteiger partial charge in [0, 0.05) is 36.8 Å². The Balaban J connectivity index is 1.39. The molecule has 3 aliphatic rings. The molecule has 0 bridgehead atoms. The van der Waals surface area contributed by atoms with E-state index >= 15 is 4.39 Å². The average Bonchev–Trinajstić information content (AvgIpc) is 3.46. The minimum absolute atomic E-state index is 0.141. The van der Waals surface area contributed by atoms with Crippen LogP contribution in [0.2, 0.25) is 0 Å². The highest BCUT2D eigenvalue weighted by atomic mass is 19.1. The average molecular weight is 440 g/mol. The molecule has 9 nitrogen and oxygen atoms in total. The molecule has 3 aliphatic heterocycles. The van der Waals surface area contributed by atoms with Gasteiger partial charge in [0.15, 0.2) is 0 Å². The third-order valence-corrected chi connectivity index (χ3v) is 6.12. The molecule has 1 aromatic carbocycles. The van der Waals surface area contributed by atoms with Crippen LogP contribution in [0.15, 0.2) is 30.5 Å². The van der Waals surface area contributed by atoms with Crippen LogP contribution in [0.3, 0.4) is 0 Å². The van der Waals surface area contributed by atoms with Crippen molar-refractivity contribution in [3.8, 4) is 11.1 Å². The van der Waals surface area contributed by atoms with Crippen LogP contribution < -0.4 is 15.1 Å². The van der Waals surface area contributed by atoms with Crippen molar-refractivity contribution in [2.75, 3.05) is 30.0 Å². The van der Waals surface area contributed by atoms with E-state index in [2.05, 4.69) is 15.0 Å². The number of carbonyl (C=O) groups excluding carboxylic acids is 3. The topological polar surface area (TPSA) is 101 Å². The van der Waals surface area contributed by atoms with Gasteiger partial charge in [-0.1, -0.05) is 0 Å². The molecule has 2 aromatic rings. The second-order valence-corrected chi connectivity index (χ2v) is 7.93. The predicted molar refractivity (Wildman–Crippen MR) is 112 cm³/mol. The molecule has 1 N–H and O–H groups in total. The molecular formula is C22H21FN4O5. The maximum Gasteiger partial charge on any atom is 0.415 e. The summed E-state index contributed by atoms with van der Waals surface area (Å²) in [7, 11) is 1.31. The first-order valence-electron chi connectivity index (χ1n) is 10.4. The fourth-order valence-electron chi connectivity index (χ4n) is 4.52. The number of benzene rings is 1. The first kappa shape index (κ1) is 20.2. The van der Waals surface area contributed by atoms with Gasteiger partial charge in [-0.2, -0.15) is 0 Å². The number of ether oxygens (including phenoxy) is 2. The number of pyridine rings is 1. The van der Waals surface area contributed by atoms with Gasteiger partial charge in [-0.25, -0.2) is 19.0 Å². The zero-order valence-electron chi connectivity index (χ0n) is 17.3. The Morgan fingerprint density at radius 3 is 2.88 bits per heavy atom. The molecule has 2 saturated heterocycles. The van der Waals surface area contributed by atoms with E-state index in [0.29, 0.717) is 48.6 Å². The van der Waals surface area contributed by atoms with Crippen LogP contribution in [0.25, 0.3) is 11.1 Å². The summed E-state index contributed by atoms with van der Waals surface area (Å²) in [6.07, 6.45) is 1.52. The van der Waals surface area contributed by atoms with Crippen molar-refractivity contribution in [2.24, 2.45) is 0 Å². The molecule has 166 valence electrons. The highest BCUT2D eigenvalue weighted by molar-refractivity contribution is 5.95. The summed E-state index contributed by atoms with van der Waals surface area (Å²) < 4.78 is 25.1. The smallest absolute Gasteiger partial charge is 0.415 e. The van der Waals surface area contributed by atoms with E-state index in [1.807, 2.05) is 0 Å². The lowest BCUT2D eigenvalue weighted by molar-refractivity contribution is -0.141. The first-order chi connectivity index (χ1) is 15.5. The lowest BCUT2D eigenvalue weighted by Crippen LogP contribution is -2.33. The summed E-state index contributed by atoms with van der Waals surface area (Å²) in [6, 6.07) is 5.99. The highest BCUT2D eigenvalue weighted by Crippen LogP contribution is 2.42. The quantitative estimate of drug-likeness (QED) is 0.718. The largest absolute Gasteiger partial charge is 0.469 e. The van der Waals surface area contributed by atoms with E-state index in [1.54, 1.807) is 18.2 Å². The van der Waals surface area contributed by atoms with E-state index < -0.39 is 18.0 Å². The van der Waals surface area contributed by atoms with Crippen molar-refractivity contribution in [3.63, 3.8) is 0 Å². The number of methoxy groups -OCH3 is 1. The third kappa shape index (κ3) is 3.31. The van der Waals surface area contributed by atoms with E-state index in [4.69, 9.17) is 4.74 Å². The second kappa shape index (κ2) is 7.77. The molecular weight excluding hydrogens is 419 g/mol. The molecule has 0 spiro atoms. The Morgan fingerprint density at radius 1 is 1.34 bits per heavy atom. The molecule has 0 aliphatic carbocycles. The van der Waals surface area contributed by atoms with E-state index in [1.165, 1.54) is 29.2 Å². The van der Waals surface area contributed by atoms with Crippen LogP contribution in [0, 0.1) is 5.82 Å². The molecule has 5 rings (SSSR count). The summed E-state index contributed by atoms with van der Waals surface area (Å²) in [5.74, 6) is -0.350. The molecule has 3 amide bonds. The van der Waals surface area contributed by atoms with Crippen LogP contribution in [-0.4, -0.2) is 55.4 Å². The molecule has 4 heterocycles. The number of urea groups is 1. The molecule has 2 fully saturated rings. The van der Waals surface area contributed by atoms with Crippen LogP contribution in [0.5, 0.6) is 0 Å². The Labute approximate surface area is 183 Å². The lowest BCUT2D eigenvalue weighted by atomic mass is 9.99. The normalized spacial score (nSPS) is 21.3. The van der Waals surface area contributed by atoms with Gasteiger partial charge < -0.3 is 14.8 Å². The molecule has 1 aromatic heterocycles. The van der Waals surface area contributed by atoms with Gasteiger partial charge >= 0.3 is 18.1 Å². The highest BCUT2D eigenvalue weighted by Gasteiger charge is 2.47. The van der Waals surface area contributed by atoms with Crippen LogP contribution in [-0.2, 0) is 20.7 Å². The van der Waals surface area contributed by atoms with Gasteiger partial charge in [-0.15, -0.1) is 0 Å². The zero-order chi connectivity index (χ0) is 22.4. The number of esters is 1. The number of nitrogens with zero attached hydrogens (tertiary/aromatic N) is 3. The number of aromatic nitrogens is 1. The maximum atomic E-state index is 15.0. The Kier molecular flexibility index (Phi) is 4.91. The number of amides is 3. The molecule has 32 heavy (non-hydrogen) atoms. The monoisotopic (exact) mass is 440 g/mol. The summed E-state index contributed by atoms with van der Waals surface area (Å²) in [6.45, 7) is 1.09. The fraction of sp³-hybridized carbons (Fsp3) is 0.364. The van der Waals surface area contributed by atoms with Gasteiger partial charge in [0.1, 0.15) is 17.7 Å². The Hall–Kier alpha value is -3.69. The van der Waals surface area contributed by atoms with Crippen LogP contribution in [0.4, 0.5) is 25.5 Å². The summed E-state index contributed by atoms with van der Waals surface area (Å²) in [5, 5.41) is 2.72. The first-order valence-corrected chi connectivity index (χ1v) is 10.4. The Bertz CT molecular complexity index is 1110. The fourth-order valence-corrected chi connectivity index (χ4v) is 4.52. The number of hydrogen-bond acceptors (Lipinski definition) is 6. The maximum absolute atomic E-state index is 15.0. The van der Waals surface area contributed by atoms with Crippen molar-refractivity contribution in [1.29, 1.82) is 0 Å².